The highest BCUT2D eigenvalue weighted by Gasteiger charge is 2.44. The smallest absolute Gasteiger partial charge is 0.115 e. The van der Waals surface area contributed by atoms with Gasteiger partial charge < -0.3 is 5.32 Å². The van der Waals surface area contributed by atoms with Gasteiger partial charge in [0.1, 0.15) is 6.33 Å². The van der Waals surface area contributed by atoms with Crippen molar-refractivity contribution in [3.05, 3.63) is 24.3 Å². The minimum Gasteiger partial charge on any atom is -0.311 e. The molecule has 0 bridgehead atoms. The first-order chi connectivity index (χ1) is 6.68. The van der Waals surface area contributed by atoms with Gasteiger partial charge in [0.2, 0.25) is 0 Å². The molecule has 1 atom stereocenters. The Bertz CT molecular complexity index is 295. The van der Waals surface area contributed by atoms with Gasteiger partial charge in [-0.05, 0) is 30.4 Å². The third-order valence-corrected chi connectivity index (χ3v) is 3.06. The fourth-order valence-corrected chi connectivity index (χ4v) is 1.72. The summed E-state index contributed by atoms with van der Waals surface area (Å²) >= 11 is 0. The van der Waals surface area contributed by atoms with E-state index in [1.165, 1.54) is 6.42 Å². The van der Waals surface area contributed by atoms with Gasteiger partial charge in [-0.2, -0.15) is 0 Å². The van der Waals surface area contributed by atoms with Gasteiger partial charge in [-0.15, -0.1) is 0 Å². The minimum absolute atomic E-state index is 0.568. The van der Waals surface area contributed by atoms with Crippen molar-refractivity contribution in [3.8, 4) is 0 Å². The predicted molar refractivity (Wildman–Crippen MR) is 55.6 cm³/mol. The van der Waals surface area contributed by atoms with Crippen LogP contribution in [0.3, 0.4) is 0 Å². The van der Waals surface area contributed by atoms with Crippen LogP contribution in [0.25, 0.3) is 0 Å². The molecule has 1 aromatic rings. The van der Waals surface area contributed by atoms with Gasteiger partial charge in [-0.3, -0.25) is 0 Å². The first-order valence-corrected chi connectivity index (χ1v) is 5.14. The van der Waals surface area contributed by atoms with E-state index in [0.717, 1.165) is 24.7 Å². The molecule has 1 unspecified atom stereocenters. The van der Waals surface area contributed by atoms with Crippen LogP contribution in [0.5, 0.6) is 0 Å². The van der Waals surface area contributed by atoms with E-state index in [9.17, 15) is 0 Å². The summed E-state index contributed by atoms with van der Waals surface area (Å²) in [7, 11) is 0. The van der Waals surface area contributed by atoms with Crippen LogP contribution < -0.4 is 5.32 Å². The molecule has 0 aromatic carbocycles. The lowest BCUT2D eigenvalue weighted by atomic mass is 10.1. The van der Waals surface area contributed by atoms with Crippen LogP contribution in [0.15, 0.2) is 18.6 Å². The molecule has 14 heavy (non-hydrogen) atoms. The van der Waals surface area contributed by atoms with Crippen LogP contribution in [0, 0.1) is 11.3 Å². The maximum atomic E-state index is 4.16. The highest BCUT2D eigenvalue weighted by molar-refractivity contribution is 4.99. The Kier molecular flexibility index (Phi) is 2.50. The number of nitrogens with one attached hydrogen (secondary N) is 1. The first-order valence-electron chi connectivity index (χ1n) is 5.14. The maximum absolute atomic E-state index is 4.16. The minimum atomic E-state index is 0.568. The molecule has 1 fully saturated rings. The number of rotatable bonds is 4. The molecular weight excluding hydrogens is 174 g/mol. The van der Waals surface area contributed by atoms with Crippen molar-refractivity contribution < 1.29 is 0 Å². The van der Waals surface area contributed by atoms with Crippen molar-refractivity contribution in [1.82, 2.24) is 15.3 Å². The summed E-state index contributed by atoms with van der Waals surface area (Å²) < 4.78 is 0. The van der Waals surface area contributed by atoms with Crippen LogP contribution in [0.2, 0.25) is 0 Å². The lowest BCUT2D eigenvalue weighted by Gasteiger charge is -2.05. The zero-order valence-electron chi connectivity index (χ0n) is 8.83. The van der Waals surface area contributed by atoms with E-state index in [-0.39, 0.29) is 0 Å². The Morgan fingerprint density at radius 3 is 2.93 bits per heavy atom. The quantitative estimate of drug-likeness (QED) is 0.785. The summed E-state index contributed by atoms with van der Waals surface area (Å²) in [4.78, 5) is 8.04. The summed E-state index contributed by atoms with van der Waals surface area (Å²) in [5.41, 5.74) is 1.64. The lowest BCUT2D eigenvalue weighted by Crippen LogP contribution is -2.18. The number of aromatic nitrogens is 2. The second kappa shape index (κ2) is 3.65. The fourth-order valence-electron chi connectivity index (χ4n) is 1.72. The Morgan fingerprint density at radius 1 is 1.57 bits per heavy atom. The van der Waals surface area contributed by atoms with Gasteiger partial charge in [0.15, 0.2) is 0 Å². The van der Waals surface area contributed by atoms with Crippen molar-refractivity contribution in [1.29, 1.82) is 0 Å². The van der Waals surface area contributed by atoms with E-state index < -0.39 is 0 Å². The van der Waals surface area contributed by atoms with Gasteiger partial charge in [0.25, 0.3) is 0 Å². The average Bonchev–Trinajstić information content (AvgIpc) is 2.76. The molecular formula is C11H17N3. The van der Waals surface area contributed by atoms with E-state index in [2.05, 4.69) is 29.1 Å². The van der Waals surface area contributed by atoms with Crippen LogP contribution in [-0.4, -0.2) is 16.5 Å². The largest absolute Gasteiger partial charge is 0.311 e. The molecule has 0 radical (unpaired) electrons. The van der Waals surface area contributed by atoms with E-state index >= 15 is 0 Å². The fraction of sp³-hybridized carbons (Fsp3) is 0.636. The molecule has 0 aliphatic heterocycles. The Morgan fingerprint density at radius 2 is 2.36 bits per heavy atom. The van der Waals surface area contributed by atoms with Gasteiger partial charge in [0.05, 0.1) is 5.69 Å². The van der Waals surface area contributed by atoms with Gasteiger partial charge >= 0.3 is 0 Å². The van der Waals surface area contributed by atoms with Crippen molar-refractivity contribution in [3.63, 3.8) is 0 Å². The summed E-state index contributed by atoms with van der Waals surface area (Å²) in [6.45, 7) is 6.61. The van der Waals surface area contributed by atoms with Crippen LogP contribution in [0.4, 0.5) is 0 Å². The number of hydrogen-bond acceptors (Lipinski definition) is 3. The summed E-state index contributed by atoms with van der Waals surface area (Å²) in [6.07, 6.45) is 4.73. The number of hydrogen-bond donors (Lipinski definition) is 1. The average molecular weight is 191 g/mol. The molecule has 1 heterocycles. The zero-order chi connectivity index (χ0) is 10.0. The molecule has 0 saturated heterocycles. The zero-order valence-corrected chi connectivity index (χ0v) is 8.83. The van der Waals surface area contributed by atoms with Crippen LogP contribution >= 0.6 is 0 Å². The van der Waals surface area contributed by atoms with Gasteiger partial charge in [-0.25, -0.2) is 9.97 Å². The third-order valence-electron chi connectivity index (χ3n) is 3.06. The lowest BCUT2D eigenvalue weighted by molar-refractivity contribution is 0.517. The normalized spacial score (nSPS) is 23.4. The van der Waals surface area contributed by atoms with Crippen molar-refractivity contribution in [2.24, 2.45) is 11.3 Å². The van der Waals surface area contributed by atoms with Crippen molar-refractivity contribution >= 4 is 0 Å². The molecule has 3 heteroatoms. The second-order valence-electron chi connectivity index (χ2n) is 4.72. The SMILES string of the molecule is CC1(C)CC1CNCc1ccncn1. The molecule has 0 amide bonds. The first kappa shape index (κ1) is 9.59. The molecule has 1 saturated carbocycles. The van der Waals surface area contributed by atoms with E-state index in [4.69, 9.17) is 0 Å². The molecule has 0 spiro atoms. The molecule has 1 aliphatic rings. The predicted octanol–water partition coefficient (Wildman–Crippen LogP) is 1.61. The van der Waals surface area contributed by atoms with E-state index in [1.54, 1.807) is 12.5 Å². The molecule has 76 valence electrons. The Balaban J connectivity index is 1.69. The molecule has 3 nitrogen and oxygen atoms in total. The molecule has 1 N–H and O–H groups in total. The summed E-state index contributed by atoms with van der Waals surface area (Å²) in [6, 6.07) is 1.95. The second-order valence-corrected chi connectivity index (χ2v) is 4.72. The van der Waals surface area contributed by atoms with E-state index in [1.807, 2.05) is 6.07 Å². The summed E-state index contributed by atoms with van der Waals surface area (Å²) in [5, 5.41) is 3.43. The van der Waals surface area contributed by atoms with E-state index in [0.29, 0.717) is 5.41 Å². The Labute approximate surface area is 85.0 Å². The highest BCUT2D eigenvalue weighted by atomic mass is 14.9. The number of nitrogens with zero attached hydrogens (tertiary/aromatic N) is 2. The maximum Gasteiger partial charge on any atom is 0.115 e. The summed E-state index contributed by atoms with van der Waals surface area (Å²) in [5.74, 6) is 0.851. The van der Waals surface area contributed by atoms with Crippen LogP contribution in [-0.2, 0) is 6.54 Å². The monoisotopic (exact) mass is 191 g/mol. The van der Waals surface area contributed by atoms with Crippen LogP contribution in [0.1, 0.15) is 26.0 Å². The highest BCUT2D eigenvalue weighted by Crippen LogP contribution is 2.50. The van der Waals surface area contributed by atoms with Gasteiger partial charge in [0, 0.05) is 12.7 Å². The Hall–Kier alpha value is -0.960. The molecule has 1 aromatic heterocycles. The van der Waals surface area contributed by atoms with Crippen molar-refractivity contribution in [2.75, 3.05) is 6.54 Å². The third kappa shape index (κ3) is 2.29. The standard InChI is InChI=1S/C11H17N3/c1-11(2)5-9(11)6-13-7-10-3-4-12-8-14-10/h3-4,8-9,13H,5-7H2,1-2H3. The van der Waals surface area contributed by atoms with Gasteiger partial charge in [-0.1, -0.05) is 13.8 Å². The molecule has 1 aliphatic carbocycles. The van der Waals surface area contributed by atoms with Crippen molar-refractivity contribution in [2.45, 2.75) is 26.8 Å². The molecule has 2 rings (SSSR count). The topological polar surface area (TPSA) is 37.8 Å².